The highest BCUT2D eigenvalue weighted by Gasteiger charge is 2.33. The minimum absolute atomic E-state index is 0.0361. The summed E-state index contributed by atoms with van der Waals surface area (Å²) in [5.41, 5.74) is 1.31. The van der Waals surface area contributed by atoms with Crippen molar-refractivity contribution in [2.45, 2.75) is 11.0 Å². The molecule has 4 heteroatoms. The summed E-state index contributed by atoms with van der Waals surface area (Å²) in [7, 11) is 0. The molecule has 0 radical (unpaired) electrons. The van der Waals surface area contributed by atoms with Crippen LogP contribution < -0.4 is 0 Å². The quantitative estimate of drug-likeness (QED) is 0.753. The van der Waals surface area contributed by atoms with Gasteiger partial charge in [-0.25, -0.2) is 0 Å². The summed E-state index contributed by atoms with van der Waals surface area (Å²) in [6.07, 6.45) is 1.37. The molecule has 0 aliphatic carbocycles. The van der Waals surface area contributed by atoms with Gasteiger partial charge in [-0.15, -0.1) is 23.5 Å². The molecule has 0 bridgehead atoms. The normalized spacial score (nSPS) is 22.6. The Bertz CT molecular complexity index is 481. The summed E-state index contributed by atoms with van der Waals surface area (Å²) in [5.74, 6) is 0.741. The van der Waals surface area contributed by atoms with Crippen molar-refractivity contribution < 1.29 is 4.79 Å². The predicted molar refractivity (Wildman–Crippen MR) is 84.7 cm³/mol. The molecule has 0 spiro atoms. The lowest BCUT2D eigenvalue weighted by atomic mass is 10.2. The van der Waals surface area contributed by atoms with Gasteiger partial charge < -0.3 is 0 Å². The van der Waals surface area contributed by atoms with Gasteiger partial charge in [0.25, 0.3) is 0 Å². The van der Waals surface area contributed by atoms with Crippen LogP contribution >= 0.6 is 35.3 Å². The van der Waals surface area contributed by atoms with E-state index in [1.807, 2.05) is 29.6 Å². The third-order valence-electron chi connectivity index (χ3n) is 2.56. The van der Waals surface area contributed by atoms with Gasteiger partial charge in [0.15, 0.2) is 0 Å². The molecule has 0 N–H and O–H groups in total. The molecule has 18 heavy (non-hydrogen) atoms. The van der Waals surface area contributed by atoms with Crippen LogP contribution in [0.3, 0.4) is 0 Å². The summed E-state index contributed by atoms with van der Waals surface area (Å²) in [6.45, 7) is 5.70. The van der Waals surface area contributed by atoms with Crippen LogP contribution in [-0.2, 0) is 8.87 Å². The first-order chi connectivity index (χ1) is 8.64. The van der Waals surface area contributed by atoms with Gasteiger partial charge in [0.1, 0.15) is 0 Å². The lowest BCUT2D eigenvalue weighted by Gasteiger charge is -2.22. The third kappa shape index (κ3) is 3.25. The second kappa shape index (κ2) is 6.04. The number of benzene rings is 1. The van der Waals surface area contributed by atoms with E-state index >= 15 is 0 Å². The maximum atomic E-state index is 11.2. The minimum Gasteiger partial charge on any atom is -0.282 e. The van der Waals surface area contributed by atoms with Gasteiger partial charge in [0, 0.05) is 10.7 Å². The van der Waals surface area contributed by atoms with Gasteiger partial charge in [-0.2, -0.15) is 0 Å². The third-order valence-corrected chi connectivity index (χ3v) is 6.58. The second-order valence-corrected chi connectivity index (χ2v) is 8.00. The fourth-order valence-electron chi connectivity index (χ4n) is 1.61. The van der Waals surface area contributed by atoms with Gasteiger partial charge in [-0.1, -0.05) is 48.7 Å². The molecule has 1 aliphatic rings. The van der Waals surface area contributed by atoms with E-state index in [2.05, 4.69) is 43.2 Å². The Labute approximate surface area is 120 Å². The molecule has 94 valence electrons. The van der Waals surface area contributed by atoms with Crippen LogP contribution in [0, 0.1) is 0 Å². The van der Waals surface area contributed by atoms with Crippen molar-refractivity contribution in [1.82, 2.24) is 0 Å². The Kier molecular flexibility index (Phi) is 4.65. The van der Waals surface area contributed by atoms with E-state index in [1.54, 1.807) is 0 Å². The maximum Gasteiger partial charge on any atom is 0.211 e. The lowest BCUT2D eigenvalue weighted by molar-refractivity contribution is -0.107. The zero-order chi connectivity index (χ0) is 13.0. The van der Waals surface area contributed by atoms with Gasteiger partial charge in [-0.3, -0.25) is 4.79 Å². The topological polar surface area (TPSA) is 17.1 Å². The molecule has 1 aliphatic heterocycles. The Hall–Kier alpha value is -0.580. The average molecular weight is 294 g/mol. The van der Waals surface area contributed by atoms with E-state index in [9.17, 15) is 4.79 Å². The fourth-order valence-corrected chi connectivity index (χ4v) is 5.07. The van der Waals surface area contributed by atoms with E-state index in [-0.39, 0.29) is 9.19 Å². The van der Waals surface area contributed by atoms with Crippen molar-refractivity contribution in [3.05, 3.63) is 58.9 Å². The molecule has 0 aromatic heterocycles. The maximum absolute atomic E-state index is 11.2. The second-order valence-electron chi connectivity index (χ2n) is 3.93. The Balaban J connectivity index is 1.98. The predicted octanol–water partition coefficient (Wildman–Crippen LogP) is 4.63. The summed E-state index contributed by atoms with van der Waals surface area (Å²) >= 11 is 4.96. The Morgan fingerprint density at radius 1 is 1.44 bits per heavy atom. The molecule has 0 amide bonds. The highest BCUT2D eigenvalue weighted by molar-refractivity contribution is 8.24. The van der Waals surface area contributed by atoms with Crippen LogP contribution in [0.1, 0.15) is 12.5 Å². The van der Waals surface area contributed by atoms with Crippen molar-refractivity contribution in [3.8, 4) is 0 Å². The van der Waals surface area contributed by atoms with E-state index in [0.29, 0.717) is 0 Å². The summed E-state index contributed by atoms with van der Waals surface area (Å²) in [6, 6.07) is 10.5. The van der Waals surface area contributed by atoms with E-state index in [4.69, 9.17) is 0 Å². The number of rotatable bonds is 4. The van der Waals surface area contributed by atoms with Crippen molar-refractivity contribution in [1.29, 1.82) is 0 Å². The van der Waals surface area contributed by atoms with Crippen LogP contribution in [0.5, 0.6) is 0 Å². The number of carbonyl (C=O) groups is 1. The van der Waals surface area contributed by atoms with E-state index in [1.165, 1.54) is 28.3 Å². The van der Waals surface area contributed by atoms with Gasteiger partial charge >= 0.3 is 0 Å². The van der Waals surface area contributed by atoms with Crippen LogP contribution in [0.25, 0.3) is 0 Å². The Morgan fingerprint density at radius 2 is 2.17 bits per heavy atom. The number of carbonyl (C=O) groups excluding carboxylic acids is 1. The van der Waals surface area contributed by atoms with Crippen molar-refractivity contribution >= 4 is 40.4 Å². The largest absolute Gasteiger partial charge is 0.282 e. The molecular formula is C14H14OS3. The molecule has 1 nitrogen and oxygen atoms in total. The molecule has 1 aromatic carbocycles. The van der Waals surface area contributed by atoms with Gasteiger partial charge in [0.05, 0.1) is 4.08 Å². The molecule has 1 unspecified atom stereocenters. The van der Waals surface area contributed by atoms with Crippen LogP contribution in [0.15, 0.2) is 53.3 Å². The molecule has 2 rings (SSSR count). The standard InChI is InChI=1S/C14H14OS3/c1-3-13(15)16-9-12-10-17-14(2,18-12)11-7-5-4-6-8-11/h3-8,10H,1,9H2,2H3. The zero-order valence-electron chi connectivity index (χ0n) is 10.1. The molecule has 0 fully saturated rings. The zero-order valence-corrected chi connectivity index (χ0v) is 12.5. The molecule has 0 saturated heterocycles. The van der Waals surface area contributed by atoms with Crippen molar-refractivity contribution in [3.63, 3.8) is 0 Å². The number of hydrogen-bond donors (Lipinski definition) is 0. The first kappa shape index (κ1) is 13.8. The molecule has 1 aromatic rings. The van der Waals surface area contributed by atoms with Crippen molar-refractivity contribution in [2.24, 2.45) is 0 Å². The minimum atomic E-state index is 0.0361. The summed E-state index contributed by atoms with van der Waals surface area (Å²) in [5, 5.41) is 2.20. The average Bonchev–Trinajstić information content (AvgIpc) is 2.80. The number of hydrogen-bond acceptors (Lipinski definition) is 4. The molecular weight excluding hydrogens is 280 g/mol. The first-order valence-electron chi connectivity index (χ1n) is 5.54. The van der Waals surface area contributed by atoms with E-state index < -0.39 is 0 Å². The Morgan fingerprint density at radius 3 is 2.83 bits per heavy atom. The SMILES string of the molecule is C=CC(=O)SCC1=CSC(C)(c2ccccc2)S1. The summed E-state index contributed by atoms with van der Waals surface area (Å²) < 4.78 is 0.0361. The smallest absolute Gasteiger partial charge is 0.211 e. The van der Waals surface area contributed by atoms with E-state index in [0.717, 1.165) is 5.75 Å². The van der Waals surface area contributed by atoms with Gasteiger partial charge in [0.2, 0.25) is 5.12 Å². The van der Waals surface area contributed by atoms with Crippen LogP contribution in [0.4, 0.5) is 0 Å². The molecule has 1 atom stereocenters. The monoisotopic (exact) mass is 294 g/mol. The number of thioether (sulfide) groups is 3. The molecule has 0 saturated carbocycles. The highest BCUT2D eigenvalue weighted by Crippen LogP contribution is 2.56. The first-order valence-corrected chi connectivity index (χ1v) is 8.23. The van der Waals surface area contributed by atoms with Crippen LogP contribution in [-0.4, -0.2) is 10.9 Å². The van der Waals surface area contributed by atoms with Crippen molar-refractivity contribution in [2.75, 3.05) is 5.75 Å². The summed E-state index contributed by atoms with van der Waals surface area (Å²) in [4.78, 5) is 12.5. The molecule has 1 heterocycles. The van der Waals surface area contributed by atoms with Gasteiger partial charge in [-0.05, 0) is 24.0 Å². The van der Waals surface area contributed by atoms with Crippen LogP contribution in [0.2, 0.25) is 0 Å². The fraction of sp³-hybridized carbons (Fsp3) is 0.214. The lowest BCUT2D eigenvalue weighted by Crippen LogP contribution is -2.08. The highest BCUT2D eigenvalue weighted by atomic mass is 32.2.